The molecule has 5 rings (SSSR count). The van der Waals surface area contributed by atoms with Crippen LogP contribution >= 0.6 is 0 Å². The number of pyridine rings is 1. The Morgan fingerprint density at radius 2 is 1.36 bits per heavy atom. The lowest BCUT2D eigenvalue weighted by atomic mass is 9.90. The standard InChI is InChI=1S/C21H16N/c1-13-9-10-14-5-3-7-16-17-8-4-6-15-11-12-22(2)21(20(15)17)18(13)19(14)16/h3-12H,1-2H3/q+1. The Kier molecular flexibility index (Phi) is 2.14. The van der Waals surface area contributed by atoms with Gasteiger partial charge in [-0.15, -0.1) is 0 Å². The molecule has 0 atom stereocenters. The van der Waals surface area contributed by atoms with Gasteiger partial charge in [-0.25, -0.2) is 4.57 Å². The van der Waals surface area contributed by atoms with Crippen molar-refractivity contribution in [1.29, 1.82) is 0 Å². The van der Waals surface area contributed by atoms with Gasteiger partial charge in [-0.05, 0) is 34.0 Å². The van der Waals surface area contributed by atoms with Gasteiger partial charge in [-0.2, -0.15) is 0 Å². The molecule has 0 saturated carbocycles. The van der Waals surface area contributed by atoms with Gasteiger partial charge in [0.25, 0.3) is 0 Å². The summed E-state index contributed by atoms with van der Waals surface area (Å²) in [5.41, 5.74) is 2.69. The number of rotatable bonds is 0. The summed E-state index contributed by atoms with van der Waals surface area (Å²) in [5.74, 6) is 0. The number of aromatic nitrogens is 1. The first-order valence-corrected chi connectivity index (χ1v) is 7.70. The van der Waals surface area contributed by atoms with Crippen LogP contribution in [-0.4, -0.2) is 0 Å². The van der Waals surface area contributed by atoms with Crippen LogP contribution in [0, 0.1) is 6.92 Å². The fourth-order valence-corrected chi connectivity index (χ4v) is 3.96. The highest BCUT2D eigenvalue weighted by Gasteiger charge is 2.19. The average molecular weight is 282 g/mol. The highest BCUT2D eigenvalue weighted by Crippen LogP contribution is 2.39. The molecule has 0 saturated heterocycles. The molecule has 0 unspecified atom stereocenters. The predicted molar refractivity (Wildman–Crippen MR) is 93.6 cm³/mol. The maximum atomic E-state index is 2.27. The molecule has 0 spiro atoms. The number of nitrogens with zero attached hydrogens (tertiary/aromatic N) is 1. The lowest BCUT2D eigenvalue weighted by Gasteiger charge is -2.13. The van der Waals surface area contributed by atoms with Crippen molar-refractivity contribution in [2.45, 2.75) is 6.92 Å². The molecule has 1 heteroatoms. The molecule has 0 aliphatic carbocycles. The molecule has 1 heterocycles. The molecule has 0 bridgehead atoms. The van der Waals surface area contributed by atoms with Crippen LogP contribution in [0.1, 0.15) is 5.56 Å². The minimum absolute atomic E-state index is 1.32. The lowest BCUT2D eigenvalue weighted by molar-refractivity contribution is -0.643. The maximum Gasteiger partial charge on any atom is 0.221 e. The van der Waals surface area contributed by atoms with E-state index < -0.39 is 0 Å². The maximum absolute atomic E-state index is 2.27. The van der Waals surface area contributed by atoms with Crippen molar-refractivity contribution in [3.8, 4) is 0 Å². The number of benzene rings is 4. The number of hydrogen-bond donors (Lipinski definition) is 0. The molecule has 0 aliphatic rings. The molecule has 0 N–H and O–H groups in total. The molecule has 0 amide bonds. The molecule has 0 radical (unpaired) electrons. The van der Waals surface area contributed by atoms with Crippen LogP contribution in [0.15, 0.2) is 60.8 Å². The van der Waals surface area contributed by atoms with Crippen LogP contribution in [0.2, 0.25) is 0 Å². The summed E-state index contributed by atoms with van der Waals surface area (Å²) in [6.07, 6.45) is 2.17. The molecule has 1 aromatic heterocycles. The summed E-state index contributed by atoms with van der Waals surface area (Å²) in [6.45, 7) is 2.22. The third kappa shape index (κ3) is 1.31. The van der Waals surface area contributed by atoms with Gasteiger partial charge in [0.2, 0.25) is 5.52 Å². The minimum atomic E-state index is 1.32. The van der Waals surface area contributed by atoms with Crippen molar-refractivity contribution in [3.05, 3.63) is 66.4 Å². The van der Waals surface area contributed by atoms with E-state index in [2.05, 4.69) is 79.3 Å². The van der Waals surface area contributed by atoms with E-state index in [1.807, 2.05) is 0 Å². The van der Waals surface area contributed by atoms with E-state index >= 15 is 0 Å². The van der Waals surface area contributed by atoms with Crippen molar-refractivity contribution in [2.24, 2.45) is 7.05 Å². The van der Waals surface area contributed by atoms with Crippen molar-refractivity contribution in [2.75, 3.05) is 0 Å². The molecule has 4 aromatic carbocycles. The summed E-state index contributed by atoms with van der Waals surface area (Å²) < 4.78 is 2.27. The Morgan fingerprint density at radius 1 is 0.682 bits per heavy atom. The van der Waals surface area contributed by atoms with Crippen LogP contribution in [0.5, 0.6) is 0 Å². The summed E-state index contributed by atoms with van der Waals surface area (Å²) in [5, 5.41) is 9.51. The second-order valence-corrected chi connectivity index (χ2v) is 6.21. The summed E-state index contributed by atoms with van der Waals surface area (Å²) in [6, 6.07) is 20.0. The molecule has 1 nitrogen and oxygen atoms in total. The Hall–Kier alpha value is -2.67. The van der Waals surface area contributed by atoms with Crippen LogP contribution in [0.25, 0.3) is 43.2 Å². The van der Waals surface area contributed by atoms with E-state index in [9.17, 15) is 0 Å². The quantitative estimate of drug-likeness (QED) is 0.217. The minimum Gasteiger partial charge on any atom is -0.200 e. The Bertz CT molecular complexity index is 1090. The van der Waals surface area contributed by atoms with Crippen LogP contribution in [0.3, 0.4) is 0 Å². The average Bonchev–Trinajstić information content (AvgIpc) is 2.55. The zero-order valence-corrected chi connectivity index (χ0v) is 12.7. The van der Waals surface area contributed by atoms with Crippen molar-refractivity contribution < 1.29 is 4.57 Å². The number of hydrogen-bond acceptors (Lipinski definition) is 0. The van der Waals surface area contributed by atoms with Gasteiger partial charge in [-0.3, -0.25) is 0 Å². The molecule has 104 valence electrons. The monoisotopic (exact) mass is 282 g/mol. The van der Waals surface area contributed by atoms with Crippen molar-refractivity contribution >= 4 is 43.2 Å². The smallest absolute Gasteiger partial charge is 0.200 e. The zero-order valence-electron chi connectivity index (χ0n) is 12.7. The summed E-state index contributed by atoms with van der Waals surface area (Å²) >= 11 is 0. The second kappa shape index (κ2) is 3.95. The SMILES string of the molecule is Cc1ccc2cccc3c4cccc5cc[n+](C)c(c1c23)c54. The van der Waals surface area contributed by atoms with E-state index in [4.69, 9.17) is 0 Å². The second-order valence-electron chi connectivity index (χ2n) is 6.21. The summed E-state index contributed by atoms with van der Waals surface area (Å²) in [4.78, 5) is 0. The Balaban J connectivity index is 2.34. The fraction of sp³-hybridized carbons (Fsp3) is 0.0952. The van der Waals surface area contributed by atoms with Gasteiger partial charge in [0, 0.05) is 11.5 Å². The van der Waals surface area contributed by atoms with Crippen molar-refractivity contribution in [1.82, 2.24) is 0 Å². The van der Waals surface area contributed by atoms with Crippen molar-refractivity contribution in [3.63, 3.8) is 0 Å². The van der Waals surface area contributed by atoms with Gasteiger partial charge >= 0.3 is 0 Å². The molecule has 0 fully saturated rings. The topological polar surface area (TPSA) is 3.88 Å². The zero-order chi connectivity index (χ0) is 14.8. The Labute approximate surface area is 128 Å². The first kappa shape index (κ1) is 11.9. The molecule has 22 heavy (non-hydrogen) atoms. The predicted octanol–water partition coefficient (Wildman–Crippen LogP) is 4.87. The van der Waals surface area contributed by atoms with Crippen LogP contribution < -0.4 is 4.57 Å². The van der Waals surface area contributed by atoms with E-state index in [1.165, 1.54) is 48.8 Å². The van der Waals surface area contributed by atoms with E-state index in [-0.39, 0.29) is 0 Å². The summed E-state index contributed by atoms with van der Waals surface area (Å²) in [7, 11) is 2.15. The molecular weight excluding hydrogens is 266 g/mol. The largest absolute Gasteiger partial charge is 0.221 e. The third-order valence-electron chi connectivity index (χ3n) is 4.94. The first-order valence-electron chi connectivity index (χ1n) is 7.70. The van der Waals surface area contributed by atoms with Gasteiger partial charge in [0.1, 0.15) is 7.05 Å². The van der Waals surface area contributed by atoms with E-state index in [1.54, 1.807) is 0 Å². The lowest BCUT2D eigenvalue weighted by Crippen LogP contribution is -2.28. The van der Waals surface area contributed by atoms with Gasteiger partial charge in [-0.1, -0.05) is 48.5 Å². The Morgan fingerprint density at radius 3 is 2.14 bits per heavy atom. The number of aryl methyl sites for hydroxylation is 2. The first-order chi connectivity index (χ1) is 10.8. The molecule has 0 aliphatic heterocycles. The van der Waals surface area contributed by atoms with E-state index in [0.29, 0.717) is 0 Å². The molecular formula is C21H16N+. The fourth-order valence-electron chi connectivity index (χ4n) is 3.96. The van der Waals surface area contributed by atoms with Gasteiger partial charge in [0.15, 0.2) is 6.20 Å². The highest BCUT2D eigenvalue weighted by atomic mass is 14.9. The van der Waals surface area contributed by atoms with Gasteiger partial charge < -0.3 is 0 Å². The van der Waals surface area contributed by atoms with Crippen LogP contribution in [0.4, 0.5) is 0 Å². The molecule has 5 aromatic rings. The third-order valence-corrected chi connectivity index (χ3v) is 4.94. The van der Waals surface area contributed by atoms with E-state index in [0.717, 1.165) is 0 Å². The highest BCUT2D eigenvalue weighted by molar-refractivity contribution is 6.31. The van der Waals surface area contributed by atoms with Crippen LogP contribution in [-0.2, 0) is 7.05 Å². The van der Waals surface area contributed by atoms with Gasteiger partial charge in [0.05, 0.1) is 10.8 Å². The normalized spacial score (nSPS) is 12.1. The number of fused-ring (bicyclic) bond motifs is 2.